The summed E-state index contributed by atoms with van der Waals surface area (Å²) in [6, 6.07) is 0. The van der Waals surface area contributed by atoms with Gasteiger partial charge in [0.25, 0.3) is 0 Å². The van der Waals surface area contributed by atoms with Crippen molar-refractivity contribution in [3.63, 3.8) is 0 Å². The molecule has 4 heteroatoms. The normalized spacial score (nSPS) is 24.0. The highest BCUT2D eigenvalue weighted by Gasteiger charge is 2.33. The third kappa shape index (κ3) is 9.04. The molecule has 1 heterocycles. The van der Waals surface area contributed by atoms with Gasteiger partial charge in [-0.2, -0.15) is 0 Å². The molecule has 0 saturated carbocycles. The Morgan fingerprint density at radius 3 is 1.78 bits per heavy atom. The molecule has 0 bridgehead atoms. The van der Waals surface area contributed by atoms with E-state index in [2.05, 4.69) is 6.92 Å². The minimum Gasteiger partial charge on any atom is -0.394 e. The lowest BCUT2D eigenvalue weighted by Gasteiger charge is -2.21. The Hall–Kier alpha value is -0.160. The highest BCUT2D eigenvalue weighted by atomic mass is 16.5. The Kier molecular flexibility index (Phi) is 12.0. The van der Waals surface area contributed by atoms with E-state index in [-0.39, 0.29) is 18.8 Å². The summed E-state index contributed by atoms with van der Waals surface area (Å²) in [5.74, 6) is 0. The van der Waals surface area contributed by atoms with Gasteiger partial charge in [-0.05, 0) is 19.3 Å². The number of hydrogen-bond donors (Lipinski definition) is 3. The molecule has 3 N–H and O–H groups in total. The highest BCUT2D eigenvalue weighted by molar-refractivity contribution is 4.82. The van der Waals surface area contributed by atoms with Crippen molar-refractivity contribution in [2.45, 2.75) is 115 Å². The second kappa shape index (κ2) is 13.2. The van der Waals surface area contributed by atoms with Crippen LogP contribution in [0, 0.1) is 0 Å². The van der Waals surface area contributed by atoms with Crippen LogP contribution in [0.4, 0.5) is 0 Å². The number of ether oxygens (including phenoxy) is 1. The lowest BCUT2D eigenvalue weighted by atomic mass is 10.0. The highest BCUT2D eigenvalue weighted by Crippen LogP contribution is 2.26. The van der Waals surface area contributed by atoms with Gasteiger partial charge in [0.05, 0.1) is 24.9 Å². The second-order valence-corrected chi connectivity index (χ2v) is 7.08. The maximum absolute atomic E-state index is 10.2. The topological polar surface area (TPSA) is 69.9 Å². The lowest BCUT2D eigenvalue weighted by molar-refractivity contribution is -0.0873. The molecule has 0 aromatic heterocycles. The van der Waals surface area contributed by atoms with Gasteiger partial charge in [0.2, 0.25) is 0 Å². The van der Waals surface area contributed by atoms with Crippen LogP contribution in [-0.4, -0.2) is 46.3 Å². The van der Waals surface area contributed by atoms with E-state index in [1.807, 2.05) is 0 Å². The third-order valence-electron chi connectivity index (χ3n) is 4.98. The van der Waals surface area contributed by atoms with Crippen LogP contribution in [0.3, 0.4) is 0 Å². The molecule has 1 saturated heterocycles. The molecule has 4 atom stereocenters. The van der Waals surface area contributed by atoms with E-state index >= 15 is 0 Å². The van der Waals surface area contributed by atoms with Crippen molar-refractivity contribution < 1.29 is 20.1 Å². The minimum absolute atomic E-state index is 0.167. The van der Waals surface area contributed by atoms with Crippen molar-refractivity contribution in [2.75, 3.05) is 6.61 Å². The molecule has 0 aromatic carbocycles. The first-order valence-electron chi connectivity index (χ1n) is 9.81. The van der Waals surface area contributed by atoms with Crippen LogP contribution < -0.4 is 0 Å². The molecule has 0 amide bonds. The number of aliphatic hydroxyl groups is 3. The third-order valence-corrected chi connectivity index (χ3v) is 4.98. The summed E-state index contributed by atoms with van der Waals surface area (Å²) in [5, 5.41) is 28.7. The van der Waals surface area contributed by atoms with Crippen LogP contribution in [0.5, 0.6) is 0 Å². The molecule has 0 radical (unpaired) electrons. The molecule has 0 aliphatic carbocycles. The van der Waals surface area contributed by atoms with Crippen LogP contribution >= 0.6 is 0 Å². The van der Waals surface area contributed by atoms with E-state index in [1.54, 1.807) is 0 Å². The molecular formula is C19H38O4. The molecule has 0 aromatic rings. The molecule has 23 heavy (non-hydrogen) atoms. The van der Waals surface area contributed by atoms with E-state index in [1.165, 1.54) is 57.8 Å². The molecule has 1 rings (SSSR count). The molecule has 0 spiro atoms. The first-order chi connectivity index (χ1) is 11.2. The summed E-state index contributed by atoms with van der Waals surface area (Å²) in [6.45, 7) is 1.98. The van der Waals surface area contributed by atoms with Crippen LogP contribution in [0.2, 0.25) is 0 Å². The zero-order valence-corrected chi connectivity index (χ0v) is 15.0. The summed E-state index contributed by atoms with van der Waals surface area (Å²) in [7, 11) is 0. The number of aliphatic hydroxyl groups excluding tert-OH is 3. The molecule has 1 aliphatic rings. The monoisotopic (exact) mass is 330 g/mol. The zero-order chi connectivity index (χ0) is 16.9. The average molecular weight is 331 g/mol. The van der Waals surface area contributed by atoms with Gasteiger partial charge in [0.1, 0.15) is 6.10 Å². The van der Waals surface area contributed by atoms with Gasteiger partial charge in [-0.1, -0.05) is 71.1 Å². The Balaban J connectivity index is 1.93. The van der Waals surface area contributed by atoms with Gasteiger partial charge in [0, 0.05) is 0 Å². The van der Waals surface area contributed by atoms with Crippen molar-refractivity contribution >= 4 is 0 Å². The van der Waals surface area contributed by atoms with Gasteiger partial charge >= 0.3 is 0 Å². The van der Waals surface area contributed by atoms with E-state index in [9.17, 15) is 10.2 Å². The van der Waals surface area contributed by atoms with E-state index in [4.69, 9.17) is 9.84 Å². The predicted octanol–water partition coefficient (Wildman–Crippen LogP) is 3.56. The molecular weight excluding hydrogens is 292 g/mol. The SMILES string of the molecule is CCCCCCCCCCCC[C@H](O)[C@@H]1CC[C@H]([C@H](O)CO)O1. The standard InChI is InChI=1S/C19H38O4/c1-2-3-4-5-6-7-8-9-10-11-12-16(21)18-13-14-19(23-18)17(22)15-20/h16-22H,2-15H2,1H3/t16-,17+,18-,19+/m0/s1. The molecule has 4 nitrogen and oxygen atoms in total. The maximum Gasteiger partial charge on any atom is 0.103 e. The van der Waals surface area contributed by atoms with E-state index < -0.39 is 12.2 Å². The van der Waals surface area contributed by atoms with Gasteiger partial charge < -0.3 is 20.1 Å². The van der Waals surface area contributed by atoms with E-state index in [0.717, 1.165) is 25.7 Å². The minimum atomic E-state index is -0.815. The van der Waals surface area contributed by atoms with Crippen LogP contribution in [0.25, 0.3) is 0 Å². The van der Waals surface area contributed by atoms with Crippen LogP contribution in [-0.2, 0) is 4.74 Å². The summed E-state index contributed by atoms with van der Waals surface area (Å²) in [5.41, 5.74) is 0. The summed E-state index contributed by atoms with van der Waals surface area (Å²) < 4.78 is 5.66. The van der Waals surface area contributed by atoms with Crippen molar-refractivity contribution in [1.29, 1.82) is 0 Å². The van der Waals surface area contributed by atoms with Crippen LogP contribution in [0.15, 0.2) is 0 Å². The number of unbranched alkanes of at least 4 members (excludes halogenated alkanes) is 9. The van der Waals surface area contributed by atoms with Gasteiger partial charge in [-0.25, -0.2) is 0 Å². The second-order valence-electron chi connectivity index (χ2n) is 7.08. The molecule has 138 valence electrons. The fraction of sp³-hybridized carbons (Fsp3) is 1.00. The zero-order valence-electron chi connectivity index (χ0n) is 15.0. The van der Waals surface area contributed by atoms with Crippen molar-refractivity contribution in [2.24, 2.45) is 0 Å². The van der Waals surface area contributed by atoms with E-state index in [0.29, 0.717) is 0 Å². The van der Waals surface area contributed by atoms with Gasteiger partial charge in [-0.15, -0.1) is 0 Å². The first-order valence-corrected chi connectivity index (χ1v) is 9.81. The Bertz CT molecular complexity index is 272. The number of hydrogen-bond acceptors (Lipinski definition) is 4. The average Bonchev–Trinajstić information content (AvgIpc) is 3.05. The quantitative estimate of drug-likeness (QED) is 0.426. The van der Waals surface area contributed by atoms with Gasteiger partial charge in [0.15, 0.2) is 0 Å². The summed E-state index contributed by atoms with van der Waals surface area (Å²) in [4.78, 5) is 0. The Labute approximate surface area is 142 Å². The maximum atomic E-state index is 10.2. The fourth-order valence-corrected chi connectivity index (χ4v) is 3.40. The fourth-order valence-electron chi connectivity index (χ4n) is 3.40. The van der Waals surface area contributed by atoms with Gasteiger partial charge in [-0.3, -0.25) is 0 Å². The van der Waals surface area contributed by atoms with Crippen molar-refractivity contribution in [3.05, 3.63) is 0 Å². The Morgan fingerprint density at radius 1 is 0.783 bits per heavy atom. The van der Waals surface area contributed by atoms with Crippen molar-refractivity contribution in [1.82, 2.24) is 0 Å². The predicted molar refractivity (Wildman–Crippen MR) is 93.5 cm³/mol. The molecule has 1 fully saturated rings. The lowest BCUT2D eigenvalue weighted by Crippen LogP contribution is -2.32. The van der Waals surface area contributed by atoms with Crippen LogP contribution in [0.1, 0.15) is 90.4 Å². The summed E-state index contributed by atoms with van der Waals surface area (Å²) >= 11 is 0. The number of rotatable bonds is 14. The smallest absolute Gasteiger partial charge is 0.103 e. The summed E-state index contributed by atoms with van der Waals surface area (Å²) in [6.07, 6.45) is 13.5. The molecule has 1 aliphatic heterocycles. The largest absolute Gasteiger partial charge is 0.394 e. The molecule has 0 unspecified atom stereocenters. The first kappa shape index (κ1) is 20.9. The Morgan fingerprint density at radius 2 is 1.26 bits per heavy atom. The van der Waals surface area contributed by atoms with Crippen molar-refractivity contribution in [3.8, 4) is 0 Å².